The monoisotopic (exact) mass is 286 g/mol. The maximum absolute atomic E-state index is 13.8. The number of nitrogens with zero attached hydrogens (tertiary/aromatic N) is 1. The molecular formula is C11H12BrFN2O. The number of benzene rings is 1. The second-order valence-electron chi connectivity index (χ2n) is 3.89. The minimum atomic E-state index is -1.48. The molecule has 3 nitrogen and oxygen atoms in total. The fourth-order valence-corrected chi connectivity index (χ4v) is 2.10. The molecule has 0 saturated heterocycles. The Morgan fingerprint density at radius 3 is 3.06 bits per heavy atom. The fourth-order valence-electron chi connectivity index (χ4n) is 1.70. The molecule has 86 valence electrons. The van der Waals surface area contributed by atoms with Gasteiger partial charge in [0.05, 0.1) is 0 Å². The normalized spacial score (nSPS) is 29.9. The van der Waals surface area contributed by atoms with Crippen molar-refractivity contribution in [3.63, 3.8) is 0 Å². The Hall–Kier alpha value is -0.940. The van der Waals surface area contributed by atoms with Crippen molar-refractivity contribution in [1.29, 1.82) is 0 Å². The summed E-state index contributed by atoms with van der Waals surface area (Å²) in [6.45, 7) is 1.72. The number of hydrogen-bond acceptors (Lipinski definition) is 3. The number of alkyl halides is 1. The molecule has 0 fully saturated rings. The van der Waals surface area contributed by atoms with Crippen LogP contribution in [0.2, 0.25) is 0 Å². The largest absolute Gasteiger partial charge is 0.385 e. The van der Waals surface area contributed by atoms with Crippen LogP contribution in [0.5, 0.6) is 0 Å². The van der Waals surface area contributed by atoms with E-state index in [-0.39, 0.29) is 6.61 Å². The first-order valence-corrected chi connectivity index (χ1v) is 5.67. The van der Waals surface area contributed by atoms with Crippen molar-refractivity contribution in [2.75, 3.05) is 6.61 Å². The number of halogens is 2. The molecule has 1 aliphatic rings. The average molecular weight is 287 g/mol. The Kier molecular flexibility index (Phi) is 2.99. The minimum absolute atomic E-state index is 0.0464. The maximum atomic E-state index is 13.8. The Morgan fingerprint density at radius 2 is 2.38 bits per heavy atom. The summed E-state index contributed by atoms with van der Waals surface area (Å²) < 4.78 is 19.7. The lowest BCUT2D eigenvalue weighted by molar-refractivity contribution is -0.0796. The third-order valence-corrected chi connectivity index (χ3v) is 3.10. The fraction of sp³-hybridized carbons (Fsp3) is 0.364. The molecule has 0 amide bonds. The van der Waals surface area contributed by atoms with E-state index in [4.69, 9.17) is 10.5 Å². The lowest BCUT2D eigenvalue weighted by Gasteiger charge is -2.33. The van der Waals surface area contributed by atoms with Gasteiger partial charge < -0.3 is 10.5 Å². The number of rotatable bonds is 1. The lowest BCUT2D eigenvalue weighted by Crippen LogP contribution is -2.43. The van der Waals surface area contributed by atoms with E-state index in [2.05, 4.69) is 20.9 Å². The first kappa shape index (κ1) is 11.5. The van der Waals surface area contributed by atoms with Gasteiger partial charge in [0, 0.05) is 4.47 Å². The highest BCUT2D eigenvalue weighted by Gasteiger charge is 2.40. The van der Waals surface area contributed by atoms with Gasteiger partial charge in [-0.15, -0.1) is 0 Å². The van der Waals surface area contributed by atoms with E-state index in [0.717, 1.165) is 10.0 Å². The molecule has 16 heavy (non-hydrogen) atoms. The average Bonchev–Trinajstić information content (AvgIpc) is 2.24. The van der Waals surface area contributed by atoms with Crippen LogP contribution in [0.15, 0.2) is 33.7 Å². The molecule has 0 radical (unpaired) electrons. The Bertz CT molecular complexity index is 438. The molecule has 0 aromatic heterocycles. The molecule has 0 aliphatic carbocycles. The van der Waals surface area contributed by atoms with E-state index in [1.165, 1.54) is 0 Å². The zero-order chi connectivity index (χ0) is 11.8. The second kappa shape index (κ2) is 4.14. The first-order valence-electron chi connectivity index (χ1n) is 4.88. The third-order valence-electron chi connectivity index (χ3n) is 2.60. The zero-order valence-electron chi connectivity index (χ0n) is 8.78. The van der Waals surface area contributed by atoms with Crippen molar-refractivity contribution in [3.05, 3.63) is 34.3 Å². The Labute approximate surface area is 102 Å². The molecule has 1 aromatic rings. The van der Waals surface area contributed by atoms with E-state index in [1.54, 1.807) is 6.92 Å². The van der Waals surface area contributed by atoms with Crippen LogP contribution in [0.25, 0.3) is 0 Å². The van der Waals surface area contributed by atoms with Crippen LogP contribution in [0.4, 0.5) is 4.39 Å². The summed E-state index contributed by atoms with van der Waals surface area (Å²) in [5.41, 5.74) is 5.26. The van der Waals surface area contributed by atoms with Crippen LogP contribution in [0.1, 0.15) is 12.5 Å². The molecule has 2 N–H and O–H groups in total. The van der Waals surface area contributed by atoms with Crippen molar-refractivity contribution in [2.24, 2.45) is 10.7 Å². The van der Waals surface area contributed by atoms with Gasteiger partial charge in [0.15, 0.2) is 0 Å². The predicted octanol–water partition coefficient (Wildman–Crippen LogP) is 2.35. The number of ether oxygens (including phenoxy) is 1. The van der Waals surface area contributed by atoms with Crippen LogP contribution >= 0.6 is 15.9 Å². The molecule has 2 atom stereocenters. The standard InChI is InChI=1S/C11H12BrFN2O/c1-11(7-3-2-4-8(12)5-7)10(13)16-6-9(14)15-11/h2-5,10H,6H2,1H3,(H2,14,15). The summed E-state index contributed by atoms with van der Waals surface area (Å²) in [4.78, 5) is 4.18. The van der Waals surface area contributed by atoms with Gasteiger partial charge in [0.1, 0.15) is 18.0 Å². The highest BCUT2D eigenvalue weighted by atomic mass is 79.9. The van der Waals surface area contributed by atoms with Crippen LogP contribution in [-0.2, 0) is 10.3 Å². The highest BCUT2D eigenvalue weighted by Crippen LogP contribution is 2.35. The Balaban J connectivity index is 2.47. The van der Waals surface area contributed by atoms with Gasteiger partial charge in [-0.3, -0.25) is 4.99 Å². The van der Waals surface area contributed by atoms with E-state index in [1.807, 2.05) is 24.3 Å². The van der Waals surface area contributed by atoms with E-state index < -0.39 is 11.9 Å². The molecular weight excluding hydrogens is 275 g/mol. The van der Waals surface area contributed by atoms with Gasteiger partial charge in [-0.2, -0.15) is 0 Å². The molecule has 5 heteroatoms. The van der Waals surface area contributed by atoms with Gasteiger partial charge in [0.25, 0.3) is 0 Å². The highest BCUT2D eigenvalue weighted by molar-refractivity contribution is 9.10. The van der Waals surface area contributed by atoms with Crippen LogP contribution in [-0.4, -0.2) is 18.8 Å². The smallest absolute Gasteiger partial charge is 0.228 e. The molecule has 1 aromatic carbocycles. The van der Waals surface area contributed by atoms with Gasteiger partial charge in [-0.05, 0) is 24.6 Å². The molecule has 2 rings (SSSR count). The number of amidine groups is 1. The van der Waals surface area contributed by atoms with Gasteiger partial charge in [-0.1, -0.05) is 28.1 Å². The van der Waals surface area contributed by atoms with E-state index in [0.29, 0.717) is 5.84 Å². The maximum Gasteiger partial charge on any atom is 0.228 e. The SMILES string of the molecule is CC1(c2cccc(Br)c2)N=C(N)COC1F. The van der Waals surface area contributed by atoms with Crippen LogP contribution in [0, 0.1) is 0 Å². The summed E-state index contributed by atoms with van der Waals surface area (Å²) in [6.07, 6.45) is -1.48. The molecule has 0 spiro atoms. The topological polar surface area (TPSA) is 47.6 Å². The molecule has 1 heterocycles. The zero-order valence-corrected chi connectivity index (χ0v) is 10.4. The van der Waals surface area contributed by atoms with Crippen molar-refractivity contribution >= 4 is 21.8 Å². The van der Waals surface area contributed by atoms with E-state index in [9.17, 15) is 4.39 Å². The van der Waals surface area contributed by atoms with Crippen molar-refractivity contribution < 1.29 is 9.13 Å². The van der Waals surface area contributed by atoms with Gasteiger partial charge in [0.2, 0.25) is 6.36 Å². The van der Waals surface area contributed by atoms with Gasteiger partial charge in [-0.25, -0.2) is 4.39 Å². The second-order valence-corrected chi connectivity index (χ2v) is 4.80. The van der Waals surface area contributed by atoms with Crippen molar-refractivity contribution in [2.45, 2.75) is 18.8 Å². The summed E-state index contributed by atoms with van der Waals surface area (Å²) in [6, 6.07) is 7.33. The van der Waals surface area contributed by atoms with Crippen molar-refractivity contribution in [1.82, 2.24) is 0 Å². The first-order chi connectivity index (χ1) is 7.52. The minimum Gasteiger partial charge on any atom is -0.385 e. The van der Waals surface area contributed by atoms with Crippen LogP contribution in [0.3, 0.4) is 0 Å². The van der Waals surface area contributed by atoms with Crippen molar-refractivity contribution in [3.8, 4) is 0 Å². The summed E-state index contributed by atoms with van der Waals surface area (Å²) >= 11 is 3.34. The summed E-state index contributed by atoms with van der Waals surface area (Å²) in [5, 5.41) is 0. The third kappa shape index (κ3) is 1.97. The Morgan fingerprint density at radius 1 is 1.62 bits per heavy atom. The summed E-state index contributed by atoms with van der Waals surface area (Å²) in [5.74, 6) is 0.316. The lowest BCUT2D eigenvalue weighted by atomic mass is 9.92. The van der Waals surface area contributed by atoms with Gasteiger partial charge >= 0.3 is 0 Å². The van der Waals surface area contributed by atoms with Crippen LogP contribution < -0.4 is 5.73 Å². The molecule has 1 aliphatic heterocycles. The molecule has 0 bridgehead atoms. The summed E-state index contributed by atoms with van der Waals surface area (Å²) in [7, 11) is 0. The predicted molar refractivity (Wildman–Crippen MR) is 64.0 cm³/mol. The quantitative estimate of drug-likeness (QED) is 0.862. The molecule has 2 unspecified atom stereocenters. The number of hydrogen-bond donors (Lipinski definition) is 1. The number of nitrogens with two attached hydrogens (primary N) is 1. The molecule has 0 saturated carbocycles. The van der Waals surface area contributed by atoms with E-state index >= 15 is 0 Å². The number of aliphatic imine (C=N–C) groups is 1.